The fourth-order valence-electron chi connectivity index (χ4n) is 2.84. The predicted octanol–water partition coefficient (Wildman–Crippen LogP) is 5.26. The molecule has 0 aliphatic heterocycles. The average molecular weight is 474 g/mol. The van der Waals surface area contributed by atoms with Crippen molar-refractivity contribution in [3.63, 3.8) is 0 Å². The average Bonchev–Trinajstić information content (AvgIpc) is 2.68. The third-order valence-corrected chi connectivity index (χ3v) is 5.48. The second-order valence-corrected chi connectivity index (χ2v) is 7.56. The van der Waals surface area contributed by atoms with Gasteiger partial charge in [-0.2, -0.15) is 0 Å². The molecule has 0 heterocycles. The van der Waals surface area contributed by atoms with Crippen LogP contribution >= 0.6 is 27.5 Å². The standard InChI is InChI=1S/C21H27BrClFN2O2/c1-4-26(5-2)10-9-25-13-15-11-17(22)21(20(12-15)27-3)28-14-16-18(23)7-6-8-19(16)24/h6-8,11-12,25H,4-5,9-10,13-14H2,1-3H3. The molecule has 1 N–H and O–H groups in total. The summed E-state index contributed by atoms with van der Waals surface area (Å²) in [7, 11) is 1.59. The molecule has 2 aromatic carbocycles. The molecule has 0 bridgehead atoms. The van der Waals surface area contributed by atoms with Crippen LogP contribution in [0.1, 0.15) is 25.0 Å². The molecule has 7 heteroatoms. The first-order chi connectivity index (χ1) is 13.5. The van der Waals surface area contributed by atoms with Crippen LogP contribution in [0.3, 0.4) is 0 Å². The van der Waals surface area contributed by atoms with Gasteiger partial charge < -0.3 is 19.7 Å². The van der Waals surface area contributed by atoms with E-state index in [0.29, 0.717) is 22.1 Å². The van der Waals surface area contributed by atoms with Crippen molar-refractivity contribution in [2.45, 2.75) is 27.0 Å². The third-order valence-electron chi connectivity index (χ3n) is 4.54. The van der Waals surface area contributed by atoms with E-state index in [1.165, 1.54) is 6.07 Å². The highest BCUT2D eigenvalue weighted by Gasteiger charge is 2.14. The summed E-state index contributed by atoms with van der Waals surface area (Å²) in [5, 5.41) is 3.78. The molecule has 0 radical (unpaired) electrons. The molecule has 28 heavy (non-hydrogen) atoms. The minimum atomic E-state index is -0.392. The van der Waals surface area contributed by atoms with Crippen LogP contribution in [0.5, 0.6) is 11.5 Å². The van der Waals surface area contributed by atoms with Crippen molar-refractivity contribution in [2.75, 3.05) is 33.3 Å². The Morgan fingerprint density at radius 1 is 1.21 bits per heavy atom. The topological polar surface area (TPSA) is 33.7 Å². The van der Waals surface area contributed by atoms with Gasteiger partial charge in [-0.1, -0.05) is 31.5 Å². The number of halogens is 3. The van der Waals surface area contributed by atoms with E-state index in [2.05, 4.69) is 40.0 Å². The van der Waals surface area contributed by atoms with E-state index in [4.69, 9.17) is 21.1 Å². The van der Waals surface area contributed by atoms with Crippen molar-refractivity contribution in [3.8, 4) is 11.5 Å². The monoisotopic (exact) mass is 472 g/mol. The molecule has 0 fully saturated rings. The number of hydrogen-bond acceptors (Lipinski definition) is 4. The number of rotatable bonds is 11. The molecule has 2 rings (SSSR count). The van der Waals surface area contributed by atoms with E-state index in [-0.39, 0.29) is 6.61 Å². The van der Waals surface area contributed by atoms with Crippen LogP contribution in [-0.2, 0) is 13.2 Å². The van der Waals surface area contributed by atoms with Crippen molar-refractivity contribution < 1.29 is 13.9 Å². The summed E-state index contributed by atoms with van der Waals surface area (Å²) < 4.78 is 26.0. The van der Waals surface area contributed by atoms with E-state index < -0.39 is 5.82 Å². The largest absolute Gasteiger partial charge is 0.493 e. The van der Waals surface area contributed by atoms with Gasteiger partial charge >= 0.3 is 0 Å². The molecule has 0 aromatic heterocycles. The van der Waals surface area contributed by atoms with E-state index in [9.17, 15) is 4.39 Å². The molecule has 0 aliphatic rings. The lowest BCUT2D eigenvalue weighted by Crippen LogP contribution is -2.31. The minimum absolute atomic E-state index is 0.0158. The maximum atomic E-state index is 14.0. The fraction of sp³-hybridized carbons (Fsp3) is 0.429. The van der Waals surface area contributed by atoms with Crippen LogP contribution in [0, 0.1) is 5.82 Å². The minimum Gasteiger partial charge on any atom is -0.493 e. The Kier molecular flexibility index (Phi) is 9.51. The second-order valence-electron chi connectivity index (χ2n) is 6.30. The van der Waals surface area contributed by atoms with Crippen molar-refractivity contribution >= 4 is 27.5 Å². The number of benzene rings is 2. The van der Waals surface area contributed by atoms with Gasteiger partial charge in [0, 0.05) is 25.2 Å². The maximum Gasteiger partial charge on any atom is 0.175 e. The van der Waals surface area contributed by atoms with Crippen LogP contribution in [0.2, 0.25) is 5.02 Å². The quantitative estimate of drug-likeness (QED) is 0.451. The van der Waals surface area contributed by atoms with Gasteiger partial charge in [0.15, 0.2) is 11.5 Å². The summed E-state index contributed by atoms with van der Waals surface area (Å²) in [5.74, 6) is 0.715. The Balaban J connectivity index is 2.02. The predicted molar refractivity (Wildman–Crippen MR) is 116 cm³/mol. The van der Waals surface area contributed by atoms with Gasteiger partial charge in [0.25, 0.3) is 0 Å². The highest BCUT2D eigenvalue weighted by atomic mass is 79.9. The number of hydrogen-bond donors (Lipinski definition) is 1. The first kappa shape index (κ1) is 22.9. The van der Waals surface area contributed by atoms with Crippen molar-refractivity contribution in [2.24, 2.45) is 0 Å². The summed E-state index contributed by atoms with van der Waals surface area (Å²) in [6.07, 6.45) is 0. The van der Waals surface area contributed by atoms with E-state index >= 15 is 0 Å². The van der Waals surface area contributed by atoms with Crippen molar-refractivity contribution in [1.82, 2.24) is 10.2 Å². The lowest BCUT2D eigenvalue weighted by Gasteiger charge is -2.18. The Morgan fingerprint density at radius 2 is 1.96 bits per heavy atom. The summed E-state index contributed by atoms with van der Waals surface area (Å²) in [6, 6.07) is 8.48. The van der Waals surface area contributed by atoms with Gasteiger partial charge in [-0.15, -0.1) is 0 Å². The SMILES string of the molecule is CCN(CC)CCNCc1cc(Br)c(OCc2c(F)cccc2Cl)c(OC)c1. The summed E-state index contributed by atoms with van der Waals surface area (Å²) in [4.78, 5) is 2.37. The van der Waals surface area contributed by atoms with E-state index in [1.54, 1.807) is 19.2 Å². The zero-order chi connectivity index (χ0) is 20.5. The number of methoxy groups -OCH3 is 1. The van der Waals surface area contributed by atoms with E-state index in [0.717, 1.165) is 42.8 Å². The first-order valence-corrected chi connectivity index (χ1v) is 10.5. The summed E-state index contributed by atoms with van der Waals surface area (Å²) in [5.41, 5.74) is 1.39. The van der Waals surface area contributed by atoms with Gasteiger partial charge in [0.2, 0.25) is 0 Å². The normalized spacial score (nSPS) is 11.1. The van der Waals surface area contributed by atoms with Crippen LogP contribution in [0.25, 0.3) is 0 Å². The van der Waals surface area contributed by atoms with Crippen LogP contribution < -0.4 is 14.8 Å². The molecule has 0 atom stereocenters. The molecule has 2 aromatic rings. The highest BCUT2D eigenvalue weighted by Crippen LogP contribution is 2.37. The van der Waals surface area contributed by atoms with Gasteiger partial charge in [-0.05, 0) is 58.8 Å². The number of nitrogens with one attached hydrogen (secondary N) is 1. The zero-order valence-corrected chi connectivity index (χ0v) is 18.9. The molecule has 0 unspecified atom stereocenters. The Labute approximate surface area is 180 Å². The van der Waals surface area contributed by atoms with Crippen LogP contribution in [-0.4, -0.2) is 38.2 Å². The van der Waals surface area contributed by atoms with Gasteiger partial charge in [-0.3, -0.25) is 0 Å². The molecule has 0 amide bonds. The van der Waals surface area contributed by atoms with Crippen LogP contribution in [0.15, 0.2) is 34.8 Å². The lowest BCUT2D eigenvalue weighted by atomic mass is 10.2. The molecule has 154 valence electrons. The molecular weight excluding hydrogens is 447 g/mol. The number of likely N-dealkylation sites (N-methyl/N-ethyl adjacent to an activating group) is 1. The van der Waals surface area contributed by atoms with Gasteiger partial charge in [-0.25, -0.2) is 4.39 Å². The smallest absolute Gasteiger partial charge is 0.175 e. The summed E-state index contributed by atoms with van der Waals surface area (Å²) >= 11 is 9.61. The first-order valence-electron chi connectivity index (χ1n) is 9.35. The van der Waals surface area contributed by atoms with Crippen molar-refractivity contribution in [3.05, 3.63) is 56.8 Å². The Morgan fingerprint density at radius 3 is 2.61 bits per heavy atom. The Hall–Kier alpha value is -1.34. The molecule has 0 saturated heterocycles. The number of nitrogens with zero attached hydrogens (tertiary/aromatic N) is 1. The fourth-order valence-corrected chi connectivity index (χ4v) is 3.66. The zero-order valence-electron chi connectivity index (χ0n) is 16.5. The lowest BCUT2D eigenvalue weighted by molar-refractivity contribution is 0.277. The number of ether oxygens (including phenoxy) is 2. The Bertz CT molecular complexity index is 752. The van der Waals surface area contributed by atoms with E-state index in [1.807, 2.05) is 12.1 Å². The second kappa shape index (κ2) is 11.6. The molecular formula is C21H27BrClFN2O2. The molecule has 0 aliphatic carbocycles. The maximum absolute atomic E-state index is 14.0. The molecule has 0 saturated carbocycles. The van der Waals surface area contributed by atoms with Crippen LogP contribution in [0.4, 0.5) is 4.39 Å². The van der Waals surface area contributed by atoms with Crippen molar-refractivity contribution in [1.29, 1.82) is 0 Å². The third kappa shape index (κ3) is 6.34. The molecule has 4 nitrogen and oxygen atoms in total. The van der Waals surface area contributed by atoms with Gasteiger partial charge in [0.05, 0.1) is 16.6 Å². The highest BCUT2D eigenvalue weighted by molar-refractivity contribution is 9.10. The summed E-state index contributed by atoms with van der Waals surface area (Å²) in [6.45, 7) is 9.09. The molecule has 0 spiro atoms. The van der Waals surface area contributed by atoms with Gasteiger partial charge in [0.1, 0.15) is 12.4 Å².